The average Bonchev–Trinajstić information content (AvgIpc) is 2.48. The Morgan fingerprint density at radius 2 is 1.86 bits per heavy atom. The SMILES string of the molecule is C[C@H]1Oc2cc(S(=O)(=O)Nc3ccccc3)ccc2NC1=O. The second kappa shape index (κ2) is 5.34. The van der Waals surface area contributed by atoms with Crippen LogP contribution >= 0.6 is 0 Å². The maximum Gasteiger partial charge on any atom is 0.265 e. The van der Waals surface area contributed by atoms with Gasteiger partial charge in [-0.1, -0.05) is 18.2 Å². The van der Waals surface area contributed by atoms with Crippen LogP contribution in [0.25, 0.3) is 0 Å². The van der Waals surface area contributed by atoms with Gasteiger partial charge < -0.3 is 10.1 Å². The third-order valence-corrected chi connectivity index (χ3v) is 4.60. The second-order valence-corrected chi connectivity index (χ2v) is 6.56. The number of sulfonamides is 1. The first-order valence-corrected chi connectivity index (χ1v) is 8.13. The molecule has 1 aliphatic heterocycles. The van der Waals surface area contributed by atoms with Crippen LogP contribution in [-0.2, 0) is 14.8 Å². The molecule has 0 bridgehead atoms. The van der Waals surface area contributed by atoms with Crippen LogP contribution < -0.4 is 14.8 Å². The Morgan fingerprint density at radius 3 is 2.59 bits per heavy atom. The van der Waals surface area contributed by atoms with Gasteiger partial charge in [-0.15, -0.1) is 0 Å². The Balaban J connectivity index is 1.92. The summed E-state index contributed by atoms with van der Waals surface area (Å²) in [4.78, 5) is 11.6. The lowest BCUT2D eigenvalue weighted by atomic mass is 10.2. The van der Waals surface area contributed by atoms with Crippen LogP contribution in [0.1, 0.15) is 6.92 Å². The van der Waals surface area contributed by atoms with E-state index in [1.54, 1.807) is 37.3 Å². The van der Waals surface area contributed by atoms with Crippen LogP contribution in [0.15, 0.2) is 53.4 Å². The zero-order chi connectivity index (χ0) is 15.7. The highest BCUT2D eigenvalue weighted by atomic mass is 32.2. The van der Waals surface area contributed by atoms with Gasteiger partial charge in [0, 0.05) is 11.8 Å². The molecule has 2 aromatic rings. The molecular weight excluding hydrogens is 304 g/mol. The zero-order valence-electron chi connectivity index (χ0n) is 11.7. The van der Waals surface area contributed by atoms with Gasteiger partial charge in [-0.3, -0.25) is 9.52 Å². The van der Waals surface area contributed by atoms with Gasteiger partial charge in [-0.05, 0) is 31.2 Å². The Kier molecular flexibility index (Phi) is 3.50. The summed E-state index contributed by atoms with van der Waals surface area (Å²) < 4.78 is 32.7. The molecule has 0 saturated heterocycles. The molecule has 0 aliphatic carbocycles. The van der Waals surface area contributed by atoms with E-state index < -0.39 is 16.1 Å². The molecule has 6 nitrogen and oxygen atoms in total. The first-order chi connectivity index (χ1) is 10.5. The molecule has 3 rings (SSSR count). The standard InChI is InChI=1S/C15H14N2O4S/c1-10-15(18)16-13-8-7-12(9-14(13)21-10)22(19,20)17-11-5-3-2-4-6-11/h2-10,17H,1H3,(H,16,18)/t10-/m1/s1. The summed E-state index contributed by atoms with van der Waals surface area (Å²) in [6.07, 6.45) is -0.660. The maximum atomic E-state index is 12.4. The summed E-state index contributed by atoms with van der Waals surface area (Å²) in [6.45, 7) is 1.60. The van der Waals surface area contributed by atoms with E-state index in [4.69, 9.17) is 4.74 Å². The first kappa shape index (κ1) is 14.4. The molecule has 7 heteroatoms. The van der Waals surface area contributed by atoms with E-state index >= 15 is 0 Å². The minimum atomic E-state index is -3.72. The summed E-state index contributed by atoms with van der Waals surface area (Å²) in [5.74, 6) is 0.0774. The number of nitrogens with one attached hydrogen (secondary N) is 2. The lowest BCUT2D eigenvalue weighted by molar-refractivity contribution is -0.122. The quantitative estimate of drug-likeness (QED) is 0.908. The Labute approximate surface area is 128 Å². The number of amides is 1. The largest absolute Gasteiger partial charge is 0.479 e. The van der Waals surface area contributed by atoms with Crippen LogP contribution in [0.3, 0.4) is 0 Å². The Morgan fingerprint density at radius 1 is 1.14 bits per heavy atom. The molecule has 0 radical (unpaired) electrons. The molecule has 1 aliphatic rings. The lowest BCUT2D eigenvalue weighted by Crippen LogP contribution is -2.34. The third kappa shape index (κ3) is 2.75. The number of fused-ring (bicyclic) bond motifs is 1. The predicted molar refractivity (Wildman–Crippen MR) is 82.4 cm³/mol. The van der Waals surface area contributed by atoms with Crippen molar-refractivity contribution in [3.05, 3.63) is 48.5 Å². The van der Waals surface area contributed by atoms with Crippen molar-refractivity contribution < 1.29 is 17.9 Å². The molecule has 0 spiro atoms. The van der Waals surface area contributed by atoms with Gasteiger partial charge in [-0.25, -0.2) is 8.42 Å². The number of hydrogen-bond donors (Lipinski definition) is 2. The van der Waals surface area contributed by atoms with Crippen molar-refractivity contribution in [1.29, 1.82) is 0 Å². The number of carbonyl (C=O) groups is 1. The molecule has 0 saturated carbocycles. The minimum absolute atomic E-state index is 0.0680. The summed E-state index contributed by atoms with van der Waals surface area (Å²) >= 11 is 0. The van der Waals surface area contributed by atoms with Gasteiger partial charge in [0.25, 0.3) is 15.9 Å². The lowest BCUT2D eigenvalue weighted by Gasteiger charge is -2.23. The van der Waals surface area contributed by atoms with E-state index in [0.717, 1.165) is 0 Å². The minimum Gasteiger partial charge on any atom is -0.479 e. The van der Waals surface area contributed by atoms with Gasteiger partial charge in [0.05, 0.1) is 10.6 Å². The highest BCUT2D eigenvalue weighted by Crippen LogP contribution is 2.32. The first-order valence-electron chi connectivity index (χ1n) is 6.65. The van der Waals surface area contributed by atoms with Crippen LogP contribution in [0.4, 0.5) is 11.4 Å². The fourth-order valence-corrected chi connectivity index (χ4v) is 3.14. The van der Waals surface area contributed by atoms with Gasteiger partial charge in [-0.2, -0.15) is 0 Å². The Hall–Kier alpha value is -2.54. The van der Waals surface area contributed by atoms with E-state index in [2.05, 4.69) is 10.0 Å². The number of para-hydroxylation sites is 1. The van der Waals surface area contributed by atoms with Crippen molar-refractivity contribution in [3.8, 4) is 5.75 Å². The molecule has 1 atom stereocenters. The summed E-state index contributed by atoms with van der Waals surface area (Å²) in [7, 11) is -3.72. The van der Waals surface area contributed by atoms with Crippen molar-refractivity contribution in [2.24, 2.45) is 0 Å². The summed E-state index contributed by atoms with van der Waals surface area (Å²) in [6, 6.07) is 12.9. The predicted octanol–water partition coefficient (Wildman–Crippen LogP) is 2.21. The van der Waals surface area contributed by atoms with Crippen molar-refractivity contribution in [1.82, 2.24) is 0 Å². The number of carbonyl (C=O) groups excluding carboxylic acids is 1. The fraction of sp³-hybridized carbons (Fsp3) is 0.133. The molecule has 114 valence electrons. The molecule has 2 aromatic carbocycles. The van der Waals surface area contributed by atoms with Crippen molar-refractivity contribution in [2.45, 2.75) is 17.9 Å². The van der Waals surface area contributed by atoms with Gasteiger partial charge in [0.2, 0.25) is 0 Å². The van der Waals surface area contributed by atoms with Crippen molar-refractivity contribution in [2.75, 3.05) is 10.0 Å². The van der Waals surface area contributed by atoms with Crippen LogP contribution in [0.2, 0.25) is 0 Å². The number of hydrogen-bond acceptors (Lipinski definition) is 4. The van der Waals surface area contributed by atoms with Gasteiger partial charge in [0.15, 0.2) is 6.10 Å². The average molecular weight is 318 g/mol. The van der Waals surface area contributed by atoms with Crippen molar-refractivity contribution in [3.63, 3.8) is 0 Å². The number of rotatable bonds is 3. The molecule has 1 heterocycles. The number of benzene rings is 2. The molecule has 22 heavy (non-hydrogen) atoms. The monoisotopic (exact) mass is 318 g/mol. The second-order valence-electron chi connectivity index (χ2n) is 4.88. The van der Waals surface area contributed by atoms with Crippen LogP contribution in [-0.4, -0.2) is 20.4 Å². The molecule has 0 aromatic heterocycles. The zero-order valence-corrected chi connectivity index (χ0v) is 12.6. The molecule has 0 fully saturated rings. The molecule has 1 amide bonds. The Bertz CT molecular complexity index is 819. The fourth-order valence-electron chi connectivity index (χ4n) is 2.07. The summed E-state index contributed by atoms with van der Waals surface area (Å²) in [5, 5.41) is 2.66. The van der Waals surface area contributed by atoms with E-state index in [1.165, 1.54) is 18.2 Å². The highest BCUT2D eigenvalue weighted by molar-refractivity contribution is 7.92. The number of ether oxygens (including phenoxy) is 1. The summed E-state index contributed by atoms with van der Waals surface area (Å²) in [5.41, 5.74) is 0.935. The van der Waals surface area contributed by atoms with E-state index in [1.807, 2.05) is 0 Å². The van der Waals surface area contributed by atoms with Gasteiger partial charge in [0.1, 0.15) is 5.75 Å². The van der Waals surface area contributed by atoms with E-state index in [0.29, 0.717) is 17.1 Å². The number of anilines is 2. The van der Waals surface area contributed by atoms with Crippen LogP contribution in [0, 0.1) is 0 Å². The van der Waals surface area contributed by atoms with E-state index in [-0.39, 0.29) is 10.8 Å². The molecule has 0 unspecified atom stereocenters. The van der Waals surface area contributed by atoms with Crippen LogP contribution in [0.5, 0.6) is 5.75 Å². The topological polar surface area (TPSA) is 84.5 Å². The molecular formula is C15H14N2O4S. The highest BCUT2D eigenvalue weighted by Gasteiger charge is 2.25. The van der Waals surface area contributed by atoms with Gasteiger partial charge >= 0.3 is 0 Å². The normalized spacial score (nSPS) is 17.1. The third-order valence-electron chi connectivity index (χ3n) is 3.22. The molecule has 2 N–H and O–H groups in total. The van der Waals surface area contributed by atoms with Crippen molar-refractivity contribution >= 4 is 27.3 Å². The maximum absolute atomic E-state index is 12.4. The van der Waals surface area contributed by atoms with E-state index in [9.17, 15) is 13.2 Å². The smallest absolute Gasteiger partial charge is 0.265 e.